The van der Waals surface area contributed by atoms with E-state index in [-0.39, 0.29) is 12.3 Å². The van der Waals surface area contributed by atoms with Crippen molar-refractivity contribution in [2.75, 3.05) is 6.54 Å². The molecule has 0 saturated heterocycles. The lowest BCUT2D eigenvalue weighted by Crippen LogP contribution is -2.34. The molecule has 0 aliphatic heterocycles. The van der Waals surface area contributed by atoms with E-state index < -0.39 is 18.0 Å². The third-order valence-electron chi connectivity index (χ3n) is 4.95. The van der Waals surface area contributed by atoms with Crippen LogP contribution in [0.3, 0.4) is 0 Å². The van der Waals surface area contributed by atoms with Gasteiger partial charge in [-0.1, -0.05) is 48.0 Å². The maximum atomic E-state index is 12.9. The van der Waals surface area contributed by atoms with E-state index in [1.165, 1.54) is 18.3 Å². The highest BCUT2D eigenvalue weighted by Gasteiger charge is 2.25. The van der Waals surface area contributed by atoms with E-state index >= 15 is 0 Å². The molecule has 0 bridgehead atoms. The van der Waals surface area contributed by atoms with E-state index in [2.05, 4.69) is 10.3 Å². The van der Waals surface area contributed by atoms with Crippen LogP contribution in [0.1, 0.15) is 32.6 Å². The van der Waals surface area contributed by atoms with Gasteiger partial charge < -0.3 is 15.0 Å². The Hall–Kier alpha value is -3.16. The lowest BCUT2D eigenvalue weighted by Gasteiger charge is -2.13. The Morgan fingerprint density at radius 2 is 1.77 bits per heavy atom. The van der Waals surface area contributed by atoms with Crippen LogP contribution in [0.5, 0.6) is 0 Å². The average molecular weight is 455 g/mol. The molecule has 4 rings (SSSR count). The molecule has 0 aliphatic rings. The van der Waals surface area contributed by atoms with E-state index in [0.717, 1.165) is 21.0 Å². The second-order valence-electron chi connectivity index (χ2n) is 7.09. The van der Waals surface area contributed by atoms with Crippen molar-refractivity contribution in [1.29, 1.82) is 0 Å². The normalized spacial score (nSPS) is 12.1. The first-order valence-electron chi connectivity index (χ1n) is 9.63. The smallest absolute Gasteiger partial charge is 0.326 e. The number of amides is 1. The van der Waals surface area contributed by atoms with Crippen LogP contribution in [-0.2, 0) is 9.53 Å². The Balaban J connectivity index is 1.40. The Kier molecular flexibility index (Phi) is 5.80. The zero-order chi connectivity index (χ0) is 22.1. The summed E-state index contributed by atoms with van der Waals surface area (Å²) in [5.41, 5.74) is 2.05. The fourth-order valence-corrected chi connectivity index (χ4v) is 4.92. The molecule has 2 aromatic heterocycles. The predicted molar refractivity (Wildman–Crippen MR) is 122 cm³/mol. The number of aromatic nitrogens is 1. The number of ketones is 1. The second kappa shape index (κ2) is 8.53. The van der Waals surface area contributed by atoms with E-state index in [0.29, 0.717) is 21.2 Å². The molecule has 2 aromatic carbocycles. The van der Waals surface area contributed by atoms with E-state index in [9.17, 15) is 14.4 Å². The Morgan fingerprint density at radius 1 is 1.10 bits per heavy atom. The summed E-state index contributed by atoms with van der Waals surface area (Å²) in [6.45, 7) is 2.96. The maximum Gasteiger partial charge on any atom is 0.326 e. The van der Waals surface area contributed by atoms with Gasteiger partial charge in [-0.2, -0.15) is 0 Å². The SMILES string of the molecule is Cc1[nH]c2ccccc2c1C(=O)C(C)OC(=O)CNC(=O)c1sc2ccccc2c1Cl. The number of carbonyl (C=O) groups excluding carboxylic acids is 3. The van der Waals surface area contributed by atoms with Gasteiger partial charge in [0.25, 0.3) is 5.91 Å². The van der Waals surface area contributed by atoms with Gasteiger partial charge in [0.1, 0.15) is 11.4 Å². The zero-order valence-corrected chi connectivity index (χ0v) is 18.4. The molecule has 0 fully saturated rings. The number of nitrogens with one attached hydrogen (secondary N) is 2. The number of aromatic amines is 1. The summed E-state index contributed by atoms with van der Waals surface area (Å²) in [5, 5.41) is 4.43. The molecule has 8 heteroatoms. The molecule has 2 heterocycles. The van der Waals surface area contributed by atoms with Crippen LogP contribution in [-0.4, -0.2) is 35.3 Å². The number of benzene rings is 2. The van der Waals surface area contributed by atoms with Crippen LogP contribution in [0.25, 0.3) is 21.0 Å². The molecule has 1 unspecified atom stereocenters. The van der Waals surface area contributed by atoms with Gasteiger partial charge in [-0.05, 0) is 26.0 Å². The van der Waals surface area contributed by atoms with Crippen molar-refractivity contribution in [2.24, 2.45) is 0 Å². The van der Waals surface area contributed by atoms with Crippen LogP contribution in [0.15, 0.2) is 48.5 Å². The molecule has 4 aromatic rings. The number of para-hydroxylation sites is 1. The van der Waals surface area contributed by atoms with Crippen molar-refractivity contribution in [3.05, 3.63) is 69.7 Å². The molecule has 2 N–H and O–H groups in total. The zero-order valence-electron chi connectivity index (χ0n) is 16.8. The van der Waals surface area contributed by atoms with E-state index in [1.54, 1.807) is 6.92 Å². The van der Waals surface area contributed by atoms with Gasteiger partial charge >= 0.3 is 5.97 Å². The van der Waals surface area contributed by atoms with Gasteiger partial charge in [0, 0.05) is 32.2 Å². The summed E-state index contributed by atoms with van der Waals surface area (Å²) in [5.74, 6) is -1.47. The number of esters is 1. The number of carbonyl (C=O) groups is 3. The summed E-state index contributed by atoms with van der Waals surface area (Å²) in [6, 6.07) is 14.9. The van der Waals surface area contributed by atoms with Crippen molar-refractivity contribution in [3.63, 3.8) is 0 Å². The second-order valence-corrected chi connectivity index (χ2v) is 8.52. The fraction of sp³-hybridized carbons (Fsp3) is 0.174. The monoisotopic (exact) mass is 454 g/mol. The largest absolute Gasteiger partial charge is 0.453 e. The number of rotatable bonds is 6. The van der Waals surface area contributed by atoms with Crippen LogP contribution in [0.2, 0.25) is 5.02 Å². The van der Waals surface area contributed by atoms with Crippen LogP contribution >= 0.6 is 22.9 Å². The highest BCUT2D eigenvalue weighted by molar-refractivity contribution is 7.21. The Labute approximate surface area is 187 Å². The van der Waals surface area contributed by atoms with E-state index in [1.807, 2.05) is 48.5 Å². The number of fused-ring (bicyclic) bond motifs is 2. The lowest BCUT2D eigenvalue weighted by atomic mass is 10.0. The van der Waals surface area contributed by atoms with Crippen LogP contribution in [0, 0.1) is 6.92 Å². The topological polar surface area (TPSA) is 88.3 Å². The molecule has 1 atom stereocenters. The van der Waals surface area contributed by atoms with Gasteiger partial charge in [0.2, 0.25) is 5.78 Å². The van der Waals surface area contributed by atoms with Crippen LogP contribution in [0.4, 0.5) is 0 Å². The van der Waals surface area contributed by atoms with Gasteiger partial charge in [-0.25, -0.2) is 0 Å². The molecular weight excluding hydrogens is 436 g/mol. The third-order valence-corrected chi connectivity index (χ3v) is 6.63. The van der Waals surface area contributed by atoms with Crippen molar-refractivity contribution in [2.45, 2.75) is 20.0 Å². The molecule has 6 nitrogen and oxygen atoms in total. The first-order valence-corrected chi connectivity index (χ1v) is 10.8. The molecule has 0 saturated carbocycles. The number of ether oxygens (including phenoxy) is 1. The van der Waals surface area contributed by atoms with E-state index in [4.69, 9.17) is 16.3 Å². The quantitative estimate of drug-likeness (QED) is 0.320. The highest BCUT2D eigenvalue weighted by Crippen LogP contribution is 2.35. The van der Waals surface area contributed by atoms with Crippen molar-refractivity contribution in [1.82, 2.24) is 10.3 Å². The summed E-state index contributed by atoms with van der Waals surface area (Å²) in [6.07, 6.45) is -0.991. The summed E-state index contributed by atoms with van der Waals surface area (Å²) in [4.78, 5) is 41.1. The van der Waals surface area contributed by atoms with Gasteiger partial charge in [-0.3, -0.25) is 14.4 Å². The number of halogens is 1. The standard InChI is InChI=1S/C23H19ClN2O4S/c1-12-19(14-7-3-5-9-16(14)26-12)21(28)13(2)30-18(27)11-25-23(29)22-20(24)15-8-4-6-10-17(15)31-22/h3-10,13,26H,11H2,1-2H3,(H,25,29). The molecular formula is C23H19ClN2O4S. The maximum absolute atomic E-state index is 12.9. The third kappa shape index (κ3) is 4.06. The van der Waals surface area contributed by atoms with Crippen LogP contribution < -0.4 is 5.32 Å². The summed E-state index contributed by atoms with van der Waals surface area (Å²) < 4.78 is 6.15. The predicted octanol–water partition coefficient (Wildman–Crippen LogP) is 4.89. The molecule has 158 valence electrons. The highest BCUT2D eigenvalue weighted by atomic mass is 35.5. The summed E-state index contributed by atoms with van der Waals surface area (Å²) in [7, 11) is 0. The minimum atomic E-state index is -0.991. The van der Waals surface area contributed by atoms with Crippen molar-refractivity contribution in [3.8, 4) is 0 Å². The van der Waals surface area contributed by atoms with Gasteiger partial charge in [-0.15, -0.1) is 11.3 Å². The minimum Gasteiger partial charge on any atom is -0.453 e. The number of hydrogen-bond acceptors (Lipinski definition) is 5. The lowest BCUT2D eigenvalue weighted by molar-refractivity contribution is -0.145. The van der Waals surface area contributed by atoms with Gasteiger partial charge in [0.05, 0.1) is 5.02 Å². The number of Topliss-reactive ketones (excluding diaryl/α,β-unsaturated/α-hetero) is 1. The van der Waals surface area contributed by atoms with Gasteiger partial charge in [0.15, 0.2) is 6.10 Å². The molecule has 1 amide bonds. The molecule has 0 radical (unpaired) electrons. The fourth-order valence-electron chi connectivity index (χ4n) is 3.48. The number of aryl methyl sites for hydroxylation is 1. The minimum absolute atomic E-state index is 0.304. The number of hydrogen-bond donors (Lipinski definition) is 2. The first-order chi connectivity index (χ1) is 14.9. The van der Waals surface area contributed by atoms with Crippen molar-refractivity contribution < 1.29 is 19.1 Å². The summed E-state index contributed by atoms with van der Waals surface area (Å²) >= 11 is 7.55. The molecule has 31 heavy (non-hydrogen) atoms. The Morgan fingerprint density at radius 3 is 2.52 bits per heavy atom. The number of H-pyrrole nitrogens is 1. The Bertz CT molecular complexity index is 1320. The first kappa shape index (κ1) is 21.1. The van der Waals surface area contributed by atoms with Crippen molar-refractivity contribution >= 4 is 61.6 Å². The number of thiophene rings is 1. The average Bonchev–Trinajstić information content (AvgIpc) is 3.28. The molecule has 0 spiro atoms. The molecule has 0 aliphatic carbocycles.